The van der Waals surface area contributed by atoms with E-state index in [9.17, 15) is 14.7 Å². The standard InChI is InChI=1S/C35H42N2O6/c1-24(41-25(2)39)34(40)36-21-30-8-4-5-9-32(30)27-14-16-29(17-15-27)35-42-31(22-37-18-6-3-7-19-37)20-33(43-35)28-12-10-26(23-38)11-13-28/h4-5,8-17,24,31,33,35,38H,3,6-7,18-23H2,1-2H3,(H,36,40). The maximum Gasteiger partial charge on any atom is 0.303 e. The van der Waals surface area contributed by atoms with Crippen LogP contribution in [0.15, 0.2) is 72.8 Å². The minimum atomic E-state index is -0.852. The molecule has 2 fully saturated rings. The Morgan fingerprint density at radius 1 is 0.953 bits per heavy atom. The largest absolute Gasteiger partial charge is 0.453 e. The van der Waals surface area contributed by atoms with Crippen molar-refractivity contribution in [3.63, 3.8) is 0 Å². The topological polar surface area (TPSA) is 97.3 Å². The van der Waals surface area contributed by atoms with Crippen LogP contribution in [-0.4, -0.2) is 53.7 Å². The predicted molar refractivity (Wildman–Crippen MR) is 164 cm³/mol. The maximum absolute atomic E-state index is 12.4. The molecule has 3 aromatic rings. The number of hydrogen-bond donors (Lipinski definition) is 2. The normalized spacial score (nSPS) is 21.6. The number of nitrogens with zero attached hydrogens (tertiary/aromatic N) is 1. The van der Waals surface area contributed by atoms with E-state index in [2.05, 4.69) is 22.3 Å². The molecular weight excluding hydrogens is 544 g/mol. The molecule has 2 heterocycles. The van der Waals surface area contributed by atoms with Crippen molar-refractivity contribution in [3.8, 4) is 11.1 Å². The molecule has 1 amide bonds. The molecule has 0 radical (unpaired) electrons. The first-order chi connectivity index (χ1) is 20.9. The number of rotatable bonds is 10. The van der Waals surface area contributed by atoms with E-state index in [0.29, 0.717) is 6.54 Å². The highest BCUT2D eigenvalue weighted by Crippen LogP contribution is 2.39. The van der Waals surface area contributed by atoms with Gasteiger partial charge in [-0.05, 0) is 60.7 Å². The third kappa shape index (κ3) is 8.30. The van der Waals surface area contributed by atoms with Gasteiger partial charge in [0.05, 0.1) is 18.8 Å². The van der Waals surface area contributed by atoms with Crippen LogP contribution < -0.4 is 5.32 Å². The average Bonchev–Trinajstić information content (AvgIpc) is 3.04. The summed E-state index contributed by atoms with van der Waals surface area (Å²) in [4.78, 5) is 26.1. The Kier molecular flexibility index (Phi) is 10.6. The second-order valence-electron chi connectivity index (χ2n) is 11.5. The van der Waals surface area contributed by atoms with Crippen LogP contribution >= 0.6 is 0 Å². The summed E-state index contributed by atoms with van der Waals surface area (Å²) >= 11 is 0. The van der Waals surface area contributed by atoms with E-state index in [-0.39, 0.29) is 24.7 Å². The van der Waals surface area contributed by atoms with Crippen molar-refractivity contribution in [2.24, 2.45) is 0 Å². The maximum atomic E-state index is 12.4. The number of aliphatic hydroxyl groups excluding tert-OH is 1. The smallest absolute Gasteiger partial charge is 0.303 e. The molecule has 4 unspecified atom stereocenters. The number of nitrogens with one attached hydrogen (secondary N) is 1. The van der Waals surface area contributed by atoms with Crippen LogP contribution in [0, 0.1) is 0 Å². The summed E-state index contributed by atoms with van der Waals surface area (Å²) < 4.78 is 18.1. The van der Waals surface area contributed by atoms with Crippen LogP contribution in [0.25, 0.3) is 11.1 Å². The fourth-order valence-corrected chi connectivity index (χ4v) is 5.87. The number of ether oxygens (including phenoxy) is 3. The Labute approximate surface area is 254 Å². The minimum Gasteiger partial charge on any atom is -0.453 e. The van der Waals surface area contributed by atoms with Gasteiger partial charge in [-0.25, -0.2) is 0 Å². The number of aliphatic hydroxyl groups is 1. The number of esters is 1. The number of benzene rings is 3. The van der Waals surface area contributed by atoms with Gasteiger partial charge in [0, 0.05) is 32.0 Å². The lowest BCUT2D eigenvalue weighted by molar-refractivity contribution is -0.253. The van der Waals surface area contributed by atoms with E-state index in [1.165, 1.54) is 26.2 Å². The van der Waals surface area contributed by atoms with Gasteiger partial charge in [-0.15, -0.1) is 0 Å². The molecule has 8 heteroatoms. The van der Waals surface area contributed by atoms with Crippen molar-refractivity contribution in [1.29, 1.82) is 0 Å². The van der Waals surface area contributed by atoms with Gasteiger partial charge in [-0.1, -0.05) is 79.2 Å². The lowest BCUT2D eigenvalue weighted by Gasteiger charge is -2.39. The van der Waals surface area contributed by atoms with E-state index < -0.39 is 18.4 Å². The molecule has 8 nitrogen and oxygen atoms in total. The molecule has 43 heavy (non-hydrogen) atoms. The van der Waals surface area contributed by atoms with Gasteiger partial charge in [-0.3, -0.25) is 9.59 Å². The van der Waals surface area contributed by atoms with Gasteiger partial charge in [0.2, 0.25) is 0 Å². The molecule has 3 aromatic carbocycles. The first-order valence-electron chi connectivity index (χ1n) is 15.3. The highest BCUT2D eigenvalue weighted by atomic mass is 16.7. The van der Waals surface area contributed by atoms with Gasteiger partial charge < -0.3 is 29.5 Å². The number of carbonyl (C=O) groups excluding carboxylic acids is 2. The third-order valence-electron chi connectivity index (χ3n) is 8.20. The van der Waals surface area contributed by atoms with E-state index in [4.69, 9.17) is 14.2 Å². The summed E-state index contributed by atoms with van der Waals surface area (Å²) in [7, 11) is 0. The minimum absolute atomic E-state index is 0.0182. The van der Waals surface area contributed by atoms with Crippen LogP contribution in [0.4, 0.5) is 0 Å². The van der Waals surface area contributed by atoms with E-state index in [1.807, 2.05) is 60.7 Å². The van der Waals surface area contributed by atoms with Crippen LogP contribution in [0.2, 0.25) is 0 Å². The van der Waals surface area contributed by atoms with Gasteiger partial charge in [0.1, 0.15) is 0 Å². The van der Waals surface area contributed by atoms with Crippen molar-refractivity contribution in [3.05, 3.63) is 95.1 Å². The average molecular weight is 587 g/mol. The van der Waals surface area contributed by atoms with Crippen molar-refractivity contribution < 1.29 is 28.9 Å². The van der Waals surface area contributed by atoms with Gasteiger partial charge in [-0.2, -0.15) is 0 Å². The Balaban J connectivity index is 1.31. The van der Waals surface area contributed by atoms with Crippen LogP contribution in [0.3, 0.4) is 0 Å². The third-order valence-corrected chi connectivity index (χ3v) is 8.20. The number of piperidine rings is 1. The molecular formula is C35H42N2O6. The zero-order valence-corrected chi connectivity index (χ0v) is 25.0. The molecule has 0 spiro atoms. The Bertz CT molecular complexity index is 1350. The lowest BCUT2D eigenvalue weighted by Crippen LogP contribution is -2.41. The highest BCUT2D eigenvalue weighted by molar-refractivity contribution is 5.83. The van der Waals surface area contributed by atoms with Crippen LogP contribution in [-0.2, 0) is 37.0 Å². The second kappa shape index (κ2) is 14.8. The number of likely N-dealkylation sites (tertiary alicyclic amines) is 1. The molecule has 0 aliphatic carbocycles. The molecule has 2 N–H and O–H groups in total. The molecule has 0 bridgehead atoms. The molecule has 2 saturated heterocycles. The molecule has 0 aromatic heterocycles. The van der Waals surface area contributed by atoms with Crippen molar-refractivity contribution in [1.82, 2.24) is 10.2 Å². The van der Waals surface area contributed by atoms with E-state index in [0.717, 1.165) is 59.4 Å². The Morgan fingerprint density at radius 2 is 1.65 bits per heavy atom. The fraction of sp³-hybridized carbons (Fsp3) is 0.429. The Hall–Kier alpha value is -3.56. The first-order valence-corrected chi connectivity index (χ1v) is 15.3. The van der Waals surface area contributed by atoms with Crippen molar-refractivity contribution in [2.45, 2.75) is 77.3 Å². The van der Waals surface area contributed by atoms with Gasteiger partial charge in [0.15, 0.2) is 12.4 Å². The molecule has 2 aliphatic rings. The van der Waals surface area contributed by atoms with E-state index in [1.54, 1.807) is 6.92 Å². The van der Waals surface area contributed by atoms with Crippen molar-refractivity contribution >= 4 is 11.9 Å². The summed E-state index contributed by atoms with van der Waals surface area (Å²) in [5.74, 6) is -0.829. The predicted octanol–water partition coefficient (Wildman–Crippen LogP) is 5.45. The molecule has 2 aliphatic heterocycles. The summed E-state index contributed by atoms with van der Waals surface area (Å²) in [5.41, 5.74) is 5.89. The summed E-state index contributed by atoms with van der Waals surface area (Å²) in [6.07, 6.45) is 3.11. The summed E-state index contributed by atoms with van der Waals surface area (Å²) in [6, 6.07) is 24.1. The molecule has 0 saturated carbocycles. The SMILES string of the molecule is CC(=O)OC(C)C(=O)NCc1ccccc1-c1ccc(C2OC(CN3CCCCC3)CC(c3ccc(CO)cc3)O2)cc1. The number of carbonyl (C=O) groups is 2. The summed E-state index contributed by atoms with van der Waals surface area (Å²) in [5, 5.41) is 12.4. The van der Waals surface area contributed by atoms with Gasteiger partial charge in [0.25, 0.3) is 5.91 Å². The van der Waals surface area contributed by atoms with E-state index >= 15 is 0 Å². The van der Waals surface area contributed by atoms with Crippen molar-refractivity contribution in [2.75, 3.05) is 19.6 Å². The number of amides is 1. The first kappa shape index (κ1) is 30.9. The lowest BCUT2D eigenvalue weighted by atomic mass is 9.97. The molecule has 4 atom stereocenters. The molecule has 5 rings (SSSR count). The zero-order chi connectivity index (χ0) is 30.2. The Morgan fingerprint density at radius 3 is 2.35 bits per heavy atom. The molecule has 228 valence electrons. The quantitative estimate of drug-likeness (QED) is 0.305. The monoisotopic (exact) mass is 586 g/mol. The van der Waals surface area contributed by atoms with Crippen LogP contribution in [0.1, 0.15) is 74.2 Å². The highest BCUT2D eigenvalue weighted by Gasteiger charge is 2.33. The fourth-order valence-electron chi connectivity index (χ4n) is 5.87. The number of hydrogen-bond acceptors (Lipinski definition) is 7. The zero-order valence-electron chi connectivity index (χ0n) is 25.0. The second-order valence-corrected chi connectivity index (χ2v) is 11.5. The van der Waals surface area contributed by atoms with Gasteiger partial charge >= 0.3 is 5.97 Å². The van der Waals surface area contributed by atoms with Crippen LogP contribution in [0.5, 0.6) is 0 Å². The summed E-state index contributed by atoms with van der Waals surface area (Å²) in [6.45, 7) is 6.28.